The van der Waals surface area contributed by atoms with Gasteiger partial charge in [0.15, 0.2) is 5.82 Å². The molecule has 0 radical (unpaired) electrons. The number of aromatic nitrogens is 4. The molecule has 0 saturated heterocycles. The van der Waals surface area contributed by atoms with E-state index >= 15 is 0 Å². The maximum atomic E-state index is 14.3. The van der Waals surface area contributed by atoms with Gasteiger partial charge < -0.3 is 16.8 Å². The summed E-state index contributed by atoms with van der Waals surface area (Å²) >= 11 is 0. The number of aryl methyl sites for hydroxylation is 1. The van der Waals surface area contributed by atoms with Crippen LogP contribution in [0.15, 0.2) is 73.1 Å². The fraction of sp³-hybridized carbons (Fsp3) is 0.120. The molecule has 1 unspecified atom stereocenters. The molecule has 5 N–H and O–H groups in total. The van der Waals surface area contributed by atoms with Gasteiger partial charge in [0.05, 0.1) is 23.0 Å². The molecule has 8 nitrogen and oxygen atoms in total. The minimum atomic E-state index is -0.679. The normalized spacial score (nSPS) is 12.4. The molecule has 0 aliphatic carbocycles. The number of nitrogens with zero attached hydrogens (tertiary/aromatic N) is 4. The first kappa shape index (κ1) is 22.7. The van der Waals surface area contributed by atoms with Crippen molar-refractivity contribution < 1.29 is 9.18 Å². The third-order valence-electron chi connectivity index (χ3n) is 5.30. The minimum absolute atomic E-state index is 0.105. The molecule has 0 aliphatic heterocycles. The summed E-state index contributed by atoms with van der Waals surface area (Å²) in [6, 6.07) is 17.2. The highest BCUT2D eigenvalue weighted by Crippen LogP contribution is 2.29. The molecule has 0 bridgehead atoms. The predicted molar refractivity (Wildman–Crippen MR) is 129 cm³/mol. The molecule has 4 rings (SSSR count). The average molecular weight is 458 g/mol. The molecule has 1 aromatic carbocycles. The van der Waals surface area contributed by atoms with Crippen LogP contribution in [0.2, 0.25) is 0 Å². The van der Waals surface area contributed by atoms with Crippen molar-refractivity contribution in [1.29, 1.82) is 0 Å². The van der Waals surface area contributed by atoms with Gasteiger partial charge in [-0.3, -0.25) is 9.78 Å². The largest absolute Gasteiger partial charge is 0.404 e. The fourth-order valence-corrected chi connectivity index (χ4v) is 3.64. The average Bonchev–Trinajstić information content (AvgIpc) is 3.23. The van der Waals surface area contributed by atoms with Crippen LogP contribution in [0.3, 0.4) is 0 Å². The Balaban J connectivity index is 1.80. The molecule has 0 saturated carbocycles. The van der Waals surface area contributed by atoms with Crippen molar-refractivity contribution in [2.24, 2.45) is 11.5 Å². The van der Waals surface area contributed by atoms with E-state index in [1.807, 2.05) is 38.1 Å². The van der Waals surface area contributed by atoms with Crippen molar-refractivity contribution in [2.45, 2.75) is 19.9 Å². The van der Waals surface area contributed by atoms with Crippen LogP contribution in [0.5, 0.6) is 0 Å². The molecule has 0 fully saturated rings. The number of primary amides is 1. The topological polar surface area (TPSA) is 125 Å². The quantitative estimate of drug-likeness (QED) is 0.363. The number of benzene rings is 1. The van der Waals surface area contributed by atoms with Gasteiger partial charge in [0, 0.05) is 35.3 Å². The van der Waals surface area contributed by atoms with E-state index < -0.39 is 5.91 Å². The molecule has 172 valence electrons. The zero-order chi connectivity index (χ0) is 24.2. The zero-order valence-corrected chi connectivity index (χ0v) is 18.7. The highest BCUT2D eigenvalue weighted by Gasteiger charge is 2.18. The minimum Gasteiger partial charge on any atom is -0.404 e. The number of nitrogens with one attached hydrogen (secondary N) is 1. The highest BCUT2D eigenvalue weighted by molar-refractivity contribution is 6.18. The second-order valence-electron chi connectivity index (χ2n) is 7.73. The third-order valence-corrected chi connectivity index (χ3v) is 5.30. The fourth-order valence-electron chi connectivity index (χ4n) is 3.64. The SMILES string of the molecule is Cc1cccc(-n2nc(NC(C)c3ccccc3F)cc2-c2ccnc(C(=CN)C(N)=O)c2)n1. The second-order valence-corrected chi connectivity index (χ2v) is 7.73. The van der Waals surface area contributed by atoms with E-state index in [4.69, 9.17) is 16.6 Å². The van der Waals surface area contributed by atoms with Crippen molar-refractivity contribution in [1.82, 2.24) is 19.7 Å². The van der Waals surface area contributed by atoms with Gasteiger partial charge in [-0.05, 0) is 44.2 Å². The zero-order valence-electron chi connectivity index (χ0n) is 18.7. The van der Waals surface area contributed by atoms with Crippen LogP contribution < -0.4 is 16.8 Å². The van der Waals surface area contributed by atoms with Crippen LogP contribution in [0, 0.1) is 12.7 Å². The number of pyridine rings is 2. The number of hydrogen-bond acceptors (Lipinski definition) is 6. The molecule has 3 heterocycles. The molecule has 34 heavy (non-hydrogen) atoms. The summed E-state index contributed by atoms with van der Waals surface area (Å²) in [5, 5.41) is 7.95. The first-order chi connectivity index (χ1) is 16.4. The van der Waals surface area contributed by atoms with E-state index in [9.17, 15) is 9.18 Å². The Labute approximate surface area is 196 Å². The van der Waals surface area contributed by atoms with E-state index in [2.05, 4.69) is 15.3 Å². The van der Waals surface area contributed by atoms with Gasteiger partial charge in [-0.15, -0.1) is 5.10 Å². The van der Waals surface area contributed by atoms with Crippen molar-refractivity contribution in [3.8, 4) is 17.1 Å². The molecular weight excluding hydrogens is 433 g/mol. The van der Waals surface area contributed by atoms with Crippen LogP contribution in [-0.4, -0.2) is 25.7 Å². The molecule has 9 heteroatoms. The van der Waals surface area contributed by atoms with Crippen molar-refractivity contribution in [2.75, 3.05) is 5.32 Å². The number of rotatable bonds is 7. The van der Waals surface area contributed by atoms with Crippen molar-refractivity contribution in [3.63, 3.8) is 0 Å². The molecule has 0 aliphatic rings. The summed E-state index contributed by atoms with van der Waals surface area (Å²) in [4.78, 5) is 20.6. The lowest BCUT2D eigenvalue weighted by Gasteiger charge is -2.14. The lowest BCUT2D eigenvalue weighted by Crippen LogP contribution is -2.15. The van der Waals surface area contributed by atoms with Gasteiger partial charge in [-0.1, -0.05) is 24.3 Å². The number of carbonyl (C=O) groups is 1. The maximum absolute atomic E-state index is 14.3. The Morgan fingerprint density at radius 3 is 2.65 bits per heavy atom. The van der Waals surface area contributed by atoms with Gasteiger partial charge in [0.25, 0.3) is 5.91 Å². The summed E-state index contributed by atoms with van der Waals surface area (Å²) in [5.41, 5.74) is 14.2. The Hall–Kier alpha value is -4.53. The number of nitrogens with two attached hydrogens (primary N) is 2. The van der Waals surface area contributed by atoms with Crippen molar-refractivity contribution >= 4 is 17.3 Å². The van der Waals surface area contributed by atoms with Crippen LogP contribution in [0.1, 0.15) is 29.9 Å². The lowest BCUT2D eigenvalue weighted by molar-refractivity contribution is -0.112. The number of carbonyl (C=O) groups excluding carboxylic acids is 1. The van der Waals surface area contributed by atoms with Gasteiger partial charge in [0.1, 0.15) is 11.6 Å². The second kappa shape index (κ2) is 9.53. The summed E-state index contributed by atoms with van der Waals surface area (Å²) in [7, 11) is 0. The number of hydrogen-bond donors (Lipinski definition) is 3. The summed E-state index contributed by atoms with van der Waals surface area (Å²) in [6.45, 7) is 3.75. The Morgan fingerprint density at radius 1 is 1.15 bits per heavy atom. The highest BCUT2D eigenvalue weighted by atomic mass is 19.1. The van der Waals surface area contributed by atoms with E-state index in [0.29, 0.717) is 34.2 Å². The summed E-state index contributed by atoms with van der Waals surface area (Å²) in [6.07, 6.45) is 2.70. The van der Waals surface area contributed by atoms with Gasteiger partial charge in [-0.2, -0.15) is 0 Å². The number of anilines is 1. The molecule has 3 aromatic heterocycles. The predicted octanol–water partition coefficient (Wildman–Crippen LogP) is 3.73. The smallest absolute Gasteiger partial charge is 0.252 e. The Bertz CT molecular complexity index is 1380. The van der Waals surface area contributed by atoms with E-state index in [1.54, 1.807) is 41.2 Å². The Morgan fingerprint density at radius 2 is 1.94 bits per heavy atom. The van der Waals surface area contributed by atoms with Crippen molar-refractivity contribution in [3.05, 3.63) is 95.8 Å². The number of halogens is 1. The standard InChI is InChI=1S/C25H24FN7O/c1-15-6-5-9-24(30-15)33-22(17-10-11-29-21(12-17)19(14-27)25(28)34)13-23(32-33)31-16(2)18-7-3-4-8-20(18)26/h3-14,16H,27H2,1-2H3,(H2,28,34)(H,31,32). The van der Waals surface area contributed by atoms with Crippen LogP contribution in [0.4, 0.5) is 10.2 Å². The monoisotopic (exact) mass is 457 g/mol. The molecule has 0 spiro atoms. The van der Waals surface area contributed by atoms with Crippen LogP contribution in [0.25, 0.3) is 22.6 Å². The van der Waals surface area contributed by atoms with E-state index in [0.717, 1.165) is 11.9 Å². The molecular formula is C25H24FN7O. The molecule has 1 amide bonds. The maximum Gasteiger partial charge on any atom is 0.252 e. The lowest BCUT2D eigenvalue weighted by atomic mass is 10.1. The van der Waals surface area contributed by atoms with E-state index in [1.165, 1.54) is 6.07 Å². The first-order valence-electron chi connectivity index (χ1n) is 10.6. The van der Waals surface area contributed by atoms with Gasteiger partial charge in [0.2, 0.25) is 0 Å². The third kappa shape index (κ3) is 4.63. The van der Waals surface area contributed by atoms with Crippen LogP contribution >= 0.6 is 0 Å². The summed E-state index contributed by atoms with van der Waals surface area (Å²) in [5.74, 6) is 0.150. The van der Waals surface area contributed by atoms with Gasteiger partial charge in [-0.25, -0.2) is 14.1 Å². The molecule has 1 atom stereocenters. The first-order valence-corrected chi connectivity index (χ1v) is 10.6. The van der Waals surface area contributed by atoms with Gasteiger partial charge >= 0.3 is 0 Å². The molecule has 4 aromatic rings. The van der Waals surface area contributed by atoms with E-state index in [-0.39, 0.29) is 17.4 Å². The number of amides is 1. The Kier molecular flexibility index (Phi) is 6.35. The van der Waals surface area contributed by atoms with Crippen LogP contribution in [-0.2, 0) is 4.79 Å². The summed E-state index contributed by atoms with van der Waals surface area (Å²) < 4.78 is 16.0.